The lowest BCUT2D eigenvalue weighted by Crippen LogP contribution is -2.36. The number of likely N-dealkylation sites (N-methyl/N-ethyl adjacent to an activating group) is 1. The fraction of sp³-hybridized carbons (Fsp3) is 0.364. The first-order chi connectivity index (χ1) is 9.50. The maximum absolute atomic E-state index is 13.1. The molecule has 0 aliphatic heterocycles. The zero-order chi connectivity index (χ0) is 16.4. The molecule has 118 valence electrons. The Labute approximate surface area is 118 Å². The molecule has 0 heterocycles. The van der Waals surface area contributed by atoms with Crippen molar-refractivity contribution in [3.63, 3.8) is 0 Å². The number of anilines is 1. The Morgan fingerprint density at radius 3 is 2.33 bits per heavy atom. The summed E-state index contributed by atoms with van der Waals surface area (Å²) in [5.74, 6) is -1.72. The van der Waals surface area contributed by atoms with Crippen molar-refractivity contribution in [2.45, 2.75) is 23.4 Å². The number of alkyl halides is 3. The van der Waals surface area contributed by atoms with Crippen LogP contribution in [0.3, 0.4) is 0 Å². The van der Waals surface area contributed by atoms with E-state index in [0.717, 1.165) is 12.1 Å². The highest BCUT2D eigenvalue weighted by Gasteiger charge is 2.48. The number of amides is 1. The summed E-state index contributed by atoms with van der Waals surface area (Å²) in [7, 11) is -4.44. The van der Waals surface area contributed by atoms with E-state index in [4.69, 9.17) is 0 Å². The molecule has 1 atom stereocenters. The molecule has 10 heteroatoms. The molecular formula is C11H12F4N2O3S. The third-order valence-corrected chi connectivity index (χ3v) is 4.08. The van der Waals surface area contributed by atoms with Gasteiger partial charge in [-0.3, -0.25) is 4.79 Å². The summed E-state index contributed by atoms with van der Waals surface area (Å²) in [6, 6.07) is 0.853. The van der Waals surface area contributed by atoms with Gasteiger partial charge in [-0.1, -0.05) is 0 Å². The van der Waals surface area contributed by atoms with Crippen molar-refractivity contribution in [3.8, 4) is 0 Å². The van der Waals surface area contributed by atoms with Gasteiger partial charge >= 0.3 is 5.51 Å². The Kier molecular flexibility index (Phi) is 4.82. The SMILES string of the molecule is CNC(=O)C(C)Nc1ccc(F)cc1S(=O)(=O)C(F)(F)F. The molecule has 1 amide bonds. The summed E-state index contributed by atoms with van der Waals surface area (Å²) in [4.78, 5) is 10.0. The minimum Gasteiger partial charge on any atom is -0.373 e. The largest absolute Gasteiger partial charge is 0.501 e. The highest BCUT2D eigenvalue weighted by atomic mass is 32.2. The summed E-state index contributed by atoms with van der Waals surface area (Å²) in [5, 5.41) is 4.55. The predicted molar refractivity (Wildman–Crippen MR) is 66.8 cm³/mol. The lowest BCUT2D eigenvalue weighted by Gasteiger charge is -2.18. The average Bonchev–Trinajstić information content (AvgIpc) is 2.38. The molecule has 0 radical (unpaired) electrons. The second-order valence-electron chi connectivity index (χ2n) is 4.07. The zero-order valence-corrected chi connectivity index (χ0v) is 11.8. The first kappa shape index (κ1) is 17.2. The summed E-state index contributed by atoms with van der Waals surface area (Å²) in [6.07, 6.45) is 0. The van der Waals surface area contributed by atoms with E-state index < -0.39 is 43.7 Å². The number of carbonyl (C=O) groups excluding carboxylic acids is 1. The van der Waals surface area contributed by atoms with E-state index in [0.29, 0.717) is 0 Å². The van der Waals surface area contributed by atoms with Gasteiger partial charge in [0.2, 0.25) is 5.91 Å². The van der Waals surface area contributed by atoms with Crippen LogP contribution in [0, 0.1) is 5.82 Å². The number of halogens is 4. The number of sulfone groups is 1. The molecule has 0 spiro atoms. The van der Waals surface area contributed by atoms with Crippen LogP contribution in [-0.4, -0.2) is 32.9 Å². The molecule has 21 heavy (non-hydrogen) atoms. The fourth-order valence-electron chi connectivity index (χ4n) is 1.48. The van der Waals surface area contributed by atoms with E-state index >= 15 is 0 Å². The minimum atomic E-state index is -5.74. The molecule has 0 fully saturated rings. The quantitative estimate of drug-likeness (QED) is 0.825. The molecule has 0 aliphatic carbocycles. The normalized spacial score (nSPS) is 13.6. The van der Waals surface area contributed by atoms with Gasteiger partial charge in [0.15, 0.2) is 0 Å². The number of carbonyl (C=O) groups is 1. The standard InChI is InChI=1S/C11H12F4N2O3S/c1-6(10(18)16-2)17-8-4-3-7(12)5-9(8)21(19,20)11(13,14)15/h3-6,17H,1-2H3,(H,16,18). The van der Waals surface area contributed by atoms with Gasteiger partial charge in [0.25, 0.3) is 9.84 Å². The third kappa shape index (κ3) is 3.63. The monoisotopic (exact) mass is 328 g/mol. The molecule has 0 aliphatic rings. The number of benzene rings is 1. The topological polar surface area (TPSA) is 75.3 Å². The van der Waals surface area contributed by atoms with Crippen LogP contribution in [0.1, 0.15) is 6.92 Å². The molecule has 0 bridgehead atoms. The van der Waals surface area contributed by atoms with Crippen molar-refractivity contribution in [2.24, 2.45) is 0 Å². The Hall–Kier alpha value is -1.84. The van der Waals surface area contributed by atoms with Gasteiger partial charge in [-0.25, -0.2) is 12.8 Å². The van der Waals surface area contributed by atoms with Crippen LogP contribution >= 0.6 is 0 Å². The Morgan fingerprint density at radius 1 is 1.29 bits per heavy atom. The van der Waals surface area contributed by atoms with E-state index in [1.165, 1.54) is 14.0 Å². The highest BCUT2D eigenvalue weighted by Crippen LogP contribution is 2.35. The van der Waals surface area contributed by atoms with Crippen molar-refractivity contribution < 1.29 is 30.8 Å². The molecule has 0 aromatic heterocycles. The predicted octanol–water partition coefficient (Wildman–Crippen LogP) is 1.67. The summed E-state index contributed by atoms with van der Waals surface area (Å²) < 4.78 is 73.6. The van der Waals surface area contributed by atoms with Crippen molar-refractivity contribution >= 4 is 21.4 Å². The van der Waals surface area contributed by atoms with Gasteiger partial charge in [-0.05, 0) is 25.1 Å². The van der Waals surface area contributed by atoms with Crippen LogP contribution in [0.5, 0.6) is 0 Å². The fourth-order valence-corrected chi connectivity index (χ4v) is 2.41. The van der Waals surface area contributed by atoms with E-state index in [1.807, 2.05) is 0 Å². The molecule has 1 rings (SSSR count). The first-order valence-electron chi connectivity index (χ1n) is 5.59. The van der Waals surface area contributed by atoms with E-state index in [9.17, 15) is 30.8 Å². The van der Waals surface area contributed by atoms with Crippen LogP contribution in [-0.2, 0) is 14.6 Å². The second kappa shape index (κ2) is 5.88. The van der Waals surface area contributed by atoms with Gasteiger partial charge < -0.3 is 10.6 Å². The van der Waals surface area contributed by atoms with Crippen LogP contribution in [0.2, 0.25) is 0 Å². The number of hydrogen-bond acceptors (Lipinski definition) is 4. The maximum atomic E-state index is 13.1. The van der Waals surface area contributed by atoms with Crippen molar-refractivity contribution in [1.82, 2.24) is 5.32 Å². The maximum Gasteiger partial charge on any atom is 0.501 e. The molecular weight excluding hydrogens is 316 g/mol. The lowest BCUT2D eigenvalue weighted by molar-refractivity contribution is -0.121. The van der Waals surface area contributed by atoms with Gasteiger partial charge in [0.1, 0.15) is 16.8 Å². The summed E-state index contributed by atoms with van der Waals surface area (Å²) in [6.45, 7) is 1.31. The molecule has 0 saturated heterocycles. The highest BCUT2D eigenvalue weighted by molar-refractivity contribution is 7.92. The van der Waals surface area contributed by atoms with Crippen molar-refractivity contribution in [2.75, 3.05) is 12.4 Å². The van der Waals surface area contributed by atoms with E-state index in [2.05, 4.69) is 10.6 Å². The molecule has 0 saturated carbocycles. The zero-order valence-electron chi connectivity index (χ0n) is 11.0. The molecule has 1 unspecified atom stereocenters. The van der Waals surface area contributed by atoms with Crippen molar-refractivity contribution in [1.29, 1.82) is 0 Å². The lowest BCUT2D eigenvalue weighted by atomic mass is 10.2. The summed E-state index contributed by atoms with van der Waals surface area (Å²) >= 11 is 0. The summed E-state index contributed by atoms with van der Waals surface area (Å²) in [5.41, 5.74) is -6.09. The third-order valence-electron chi connectivity index (χ3n) is 2.55. The molecule has 5 nitrogen and oxygen atoms in total. The molecule has 2 N–H and O–H groups in total. The first-order valence-corrected chi connectivity index (χ1v) is 7.08. The molecule has 1 aromatic rings. The van der Waals surface area contributed by atoms with Crippen LogP contribution < -0.4 is 10.6 Å². The van der Waals surface area contributed by atoms with E-state index in [1.54, 1.807) is 0 Å². The smallest absolute Gasteiger partial charge is 0.373 e. The average molecular weight is 328 g/mol. The molecule has 1 aromatic carbocycles. The van der Waals surface area contributed by atoms with Gasteiger partial charge in [-0.15, -0.1) is 0 Å². The minimum absolute atomic E-state index is 0.252. The Morgan fingerprint density at radius 2 is 1.86 bits per heavy atom. The number of rotatable bonds is 4. The van der Waals surface area contributed by atoms with Gasteiger partial charge in [0, 0.05) is 7.05 Å². The van der Waals surface area contributed by atoms with Crippen LogP contribution in [0.25, 0.3) is 0 Å². The van der Waals surface area contributed by atoms with Crippen LogP contribution in [0.15, 0.2) is 23.1 Å². The van der Waals surface area contributed by atoms with E-state index in [-0.39, 0.29) is 6.07 Å². The van der Waals surface area contributed by atoms with Gasteiger partial charge in [-0.2, -0.15) is 13.2 Å². The van der Waals surface area contributed by atoms with Gasteiger partial charge in [0.05, 0.1) is 5.69 Å². The van der Waals surface area contributed by atoms with Crippen LogP contribution in [0.4, 0.5) is 23.2 Å². The second-order valence-corrected chi connectivity index (χ2v) is 5.98. The Bertz CT molecular complexity index is 643. The number of hydrogen-bond donors (Lipinski definition) is 2. The number of nitrogens with one attached hydrogen (secondary N) is 2. The Balaban J connectivity index is 3.34. The van der Waals surface area contributed by atoms with Crippen molar-refractivity contribution in [3.05, 3.63) is 24.0 Å².